The lowest BCUT2D eigenvalue weighted by Crippen LogP contribution is -2.38. The first-order valence-corrected chi connectivity index (χ1v) is 9.16. The van der Waals surface area contributed by atoms with Gasteiger partial charge in [0, 0.05) is 24.2 Å². The Labute approximate surface area is 160 Å². The highest BCUT2D eigenvalue weighted by atomic mass is 19.4. The number of carbonyl (C=O) groups excluding carboxylic acids is 1. The Morgan fingerprint density at radius 2 is 1.75 bits per heavy atom. The van der Waals surface area contributed by atoms with Gasteiger partial charge in [-0.25, -0.2) is 0 Å². The van der Waals surface area contributed by atoms with Crippen LogP contribution in [0, 0.1) is 0 Å². The van der Waals surface area contributed by atoms with Gasteiger partial charge < -0.3 is 10.0 Å². The van der Waals surface area contributed by atoms with Gasteiger partial charge in [-0.2, -0.15) is 17.6 Å². The number of rotatable bonds is 4. The maximum atomic E-state index is 13.9. The largest absolute Gasteiger partial charge is 0.453 e. The van der Waals surface area contributed by atoms with Crippen molar-refractivity contribution in [1.82, 2.24) is 0 Å². The fourth-order valence-electron chi connectivity index (χ4n) is 3.41. The lowest BCUT2D eigenvalue weighted by atomic mass is 9.99. The Hall–Kier alpha value is -2.41. The number of alkyl halides is 4. The van der Waals surface area contributed by atoms with E-state index >= 15 is 0 Å². The topological polar surface area (TPSA) is 40.5 Å². The minimum absolute atomic E-state index is 0.133. The third-order valence-electron chi connectivity index (χ3n) is 4.98. The van der Waals surface area contributed by atoms with Gasteiger partial charge in [0.05, 0.1) is 0 Å². The van der Waals surface area contributed by atoms with Crippen LogP contribution < -0.4 is 4.90 Å². The van der Waals surface area contributed by atoms with E-state index in [2.05, 4.69) is 0 Å². The van der Waals surface area contributed by atoms with Crippen LogP contribution in [0.25, 0.3) is 0 Å². The maximum absolute atomic E-state index is 13.9. The molecule has 0 bridgehead atoms. The molecule has 0 saturated heterocycles. The molecule has 1 N–H and O–H groups in total. The van der Waals surface area contributed by atoms with Crippen molar-refractivity contribution >= 4 is 11.6 Å². The Morgan fingerprint density at radius 1 is 1.04 bits per heavy atom. The van der Waals surface area contributed by atoms with Crippen molar-refractivity contribution in [3.63, 3.8) is 0 Å². The fraction of sp³-hybridized carbons (Fsp3) is 0.381. The molecule has 0 aromatic heterocycles. The van der Waals surface area contributed by atoms with Crippen LogP contribution in [0.3, 0.4) is 0 Å². The molecule has 0 radical (unpaired) electrons. The number of carbonyl (C=O) groups is 1. The van der Waals surface area contributed by atoms with Gasteiger partial charge in [0.1, 0.15) is 0 Å². The van der Waals surface area contributed by atoms with Crippen LogP contribution in [0.4, 0.5) is 23.2 Å². The molecule has 3 nitrogen and oxygen atoms in total. The standard InChI is InChI=1S/C21H21F4NO2/c22-20(28,21(23,24)25)17-10-11-18-16(14-17)8-4-5-13-26(18)19(27)12-9-15-6-2-1-3-7-15/h1-3,6-7,10-11,14,28H,4-5,8-9,12-13H2. The summed E-state index contributed by atoms with van der Waals surface area (Å²) in [6.07, 6.45) is -2.84. The normalized spacial score (nSPS) is 16.8. The van der Waals surface area contributed by atoms with Crippen molar-refractivity contribution in [2.75, 3.05) is 11.4 Å². The van der Waals surface area contributed by atoms with Crippen LogP contribution in [-0.2, 0) is 23.5 Å². The predicted octanol–water partition coefficient (Wildman–Crippen LogP) is 4.67. The minimum Gasteiger partial charge on any atom is -0.351 e. The van der Waals surface area contributed by atoms with E-state index in [-0.39, 0.29) is 12.3 Å². The second kappa shape index (κ2) is 7.91. The van der Waals surface area contributed by atoms with Crippen molar-refractivity contribution in [2.45, 2.75) is 44.1 Å². The van der Waals surface area contributed by atoms with Gasteiger partial charge in [-0.05, 0) is 48.9 Å². The summed E-state index contributed by atoms with van der Waals surface area (Å²) in [5.74, 6) is -4.55. The molecule has 2 aromatic carbocycles. The van der Waals surface area contributed by atoms with Crippen LogP contribution >= 0.6 is 0 Å². The van der Waals surface area contributed by atoms with Gasteiger partial charge in [-0.15, -0.1) is 0 Å². The first kappa shape index (κ1) is 20.3. The number of fused-ring (bicyclic) bond motifs is 1. The second-order valence-corrected chi connectivity index (χ2v) is 6.95. The van der Waals surface area contributed by atoms with E-state index in [1.807, 2.05) is 30.3 Å². The smallest absolute Gasteiger partial charge is 0.351 e. The molecule has 7 heteroatoms. The van der Waals surface area contributed by atoms with Crippen LogP contribution in [-0.4, -0.2) is 23.7 Å². The van der Waals surface area contributed by atoms with Crippen molar-refractivity contribution in [3.8, 4) is 0 Å². The summed E-state index contributed by atoms with van der Waals surface area (Å²) in [7, 11) is 0. The van der Waals surface area contributed by atoms with E-state index in [0.717, 1.165) is 17.7 Å². The molecule has 1 atom stereocenters. The van der Waals surface area contributed by atoms with Crippen LogP contribution in [0.1, 0.15) is 36.0 Å². The molecule has 28 heavy (non-hydrogen) atoms. The molecule has 150 valence electrons. The van der Waals surface area contributed by atoms with Crippen LogP contribution in [0.15, 0.2) is 48.5 Å². The van der Waals surface area contributed by atoms with Gasteiger partial charge in [0.15, 0.2) is 0 Å². The summed E-state index contributed by atoms with van der Waals surface area (Å²) in [5.41, 5.74) is 1.08. The first-order valence-electron chi connectivity index (χ1n) is 9.16. The van der Waals surface area contributed by atoms with Gasteiger partial charge in [0.2, 0.25) is 5.91 Å². The molecule has 1 aliphatic rings. The molecule has 0 spiro atoms. The van der Waals surface area contributed by atoms with Gasteiger partial charge in [0.25, 0.3) is 0 Å². The van der Waals surface area contributed by atoms with E-state index in [4.69, 9.17) is 0 Å². The number of hydrogen-bond donors (Lipinski definition) is 1. The molecule has 0 fully saturated rings. The molecule has 3 rings (SSSR count). The minimum atomic E-state index is -5.43. The molecule has 1 unspecified atom stereocenters. The molecule has 0 saturated carbocycles. The highest BCUT2D eigenvalue weighted by Crippen LogP contribution is 2.42. The molecule has 1 amide bonds. The molecule has 1 heterocycles. The molecular weight excluding hydrogens is 374 g/mol. The number of anilines is 1. The maximum Gasteiger partial charge on any atom is 0.453 e. The second-order valence-electron chi connectivity index (χ2n) is 6.95. The number of aryl methyl sites for hydroxylation is 2. The Kier molecular flexibility index (Phi) is 5.74. The number of hydrogen-bond acceptors (Lipinski definition) is 2. The third-order valence-corrected chi connectivity index (χ3v) is 4.98. The molecule has 0 aliphatic carbocycles. The average molecular weight is 395 g/mol. The lowest BCUT2D eigenvalue weighted by molar-refractivity contribution is -0.323. The number of amides is 1. The lowest BCUT2D eigenvalue weighted by Gasteiger charge is -2.26. The Morgan fingerprint density at radius 3 is 2.43 bits per heavy atom. The zero-order valence-corrected chi connectivity index (χ0v) is 15.2. The summed E-state index contributed by atoms with van der Waals surface area (Å²) in [6, 6.07) is 12.7. The van der Waals surface area contributed by atoms with Crippen molar-refractivity contribution < 1.29 is 27.5 Å². The van der Waals surface area contributed by atoms with Crippen LogP contribution in [0.5, 0.6) is 0 Å². The van der Waals surface area contributed by atoms with Gasteiger partial charge >= 0.3 is 12.0 Å². The fourth-order valence-corrected chi connectivity index (χ4v) is 3.41. The quantitative estimate of drug-likeness (QED) is 0.765. The van der Waals surface area contributed by atoms with E-state index in [1.165, 1.54) is 6.07 Å². The number of halogens is 4. The first-order chi connectivity index (χ1) is 13.2. The summed E-state index contributed by atoms with van der Waals surface area (Å²) in [5, 5.41) is 9.31. The highest BCUT2D eigenvalue weighted by Gasteiger charge is 2.56. The van der Waals surface area contributed by atoms with Gasteiger partial charge in [-0.3, -0.25) is 4.79 Å². The van der Waals surface area contributed by atoms with E-state index < -0.39 is 17.6 Å². The molecular formula is C21H21F4NO2. The predicted molar refractivity (Wildman–Crippen MR) is 97.6 cm³/mol. The molecule has 2 aromatic rings. The summed E-state index contributed by atoms with van der Waals surface area (Å²) in [6.45, 7) is 0.457. The van der Waals surface area contributed by atoms with E-state index in [1.54, 1.807) is 4.90 Å². The number of benzene rings is 2. The van der Waals surface area contributed by atoms with Crippen molar-refractivity contribution in [1.29, 1.82) is 0 Å². The zero-order valence-electron chi connectivity index (χ0n) is 15.2. The Balaban J connectivity index is 1.83. The van der Waals surface area contributed by atoms with Crippen LogP contribution in [0.2, 0.25) is 0 Å². The summed E-state index contributed by atoms with van der Waals surface area (Å²) >= 11 is 0. The van der Waals surface area contributed by atoms with E-state index in [9.17, 15) is 27.5 Å². The zero-order chi connectivity index (χ0) is 20.4. The van der Waals surface area contributed by atoms with E-state index in [0.29, 0.717) is 43.5 Å². The summed E-state index contributed by atoms with van der Waals surface area (Å²) in [4.78, 5) is 14.3. The number of aliphatic hydroxyl groups is 1. The highest BCUT2D eigenvalue weighted by molar-refractivity contribution is 5.94. The van der Waals surface area contributed by atoms with Crippen molar-refractivity contribution in [2.24, 2.45) is 0 Å². The Bertz CT molecular complexity index is 834. The van der Waals surface area contributed by atoms with Gasteiger partial charge in [-0.1, -0.05) is 36.4 Å². The molecule has 1 aliphatic heterocycles. The SMILES string of the molecule is O=C(CCc1ccccc1)N1CCCCc2cc(C(O)(F)C(F)(F)F)ccc21. The summed E-state index contributed by atoms with van der Waals surface area (Å²) < 4.78 is 52.3. The third kappa shape index (κ3) is 4.19. The monoisotopic (exact) mass is 395 g/mol. The van der Waals surface area contributed by atoms with Crippen molar-refractivity contribution in [3.05, 3.63) is 65.2 Å². The number of nitrogens with zero attached hydrogens (tertiary/aromatic N) is 1. The average Bonchev–Trinajstić information content (AvgIpc) is 2.88.